The third-order valence-electron chi connectivity index (χ3n) is 3.90. The summed E-state index contributed by atoms with van der Waals surface area (Å²) in [6.45, 7) is 1.93. The number of pyridine rings is 1. The van der Waals surface area contributed by atoms with Gasteiger partial charge in [0.15, 0.2) is 0 Å². The number of methoxy groups -OCH3 is 1. The monoisotopic (exact) mass is 402 g/mol. The molecule has 0 fully saturated rings. The van der Waals surface area contributed by atoms with Crippen LogP contribution >= 0.6 is 12.4 Å². The third kappa shape index (κ3) is 4.32. The van der Waals surface area contributed by atoms with Gasteiger partial charge in [0.05, 0.1) is 30.5 Å². The zero-order chi connectivity index (χ0) is 19.4. The lowest BCUT2D eigenvalue weighted by Crippen LogP contribution is -2.10. The fraction of sp³-hybridized carbons (Fsp3) is 0.150. The van der Waals surface area contributed by atoms with Gasteiger partial charge in [-0.05, 0) is 37.3 Å². The SMILES string of the molecule is CCOC(=O)c1cnc2ccc(C(=O)OC)cc2c1Nc1cccc(O)c1.Cl. The van der Waals surface area contributed by atoms with Gasteiger partial charge in [-0.1, -0.05) is 6.07 Å². The van der Waals surface area contributed by atoms with Crippen LogP contribution in [0.2, 0.25) is 0 Å². The number of ether oxygens (including phenoxy) is 2. The maximum atomic E-state index is 12.4. The average Bonchev–Trinajstić information content (AvgIpc) is 2.67. The van der Waals surface area contributed by atoms with Gasteiger partial charge in [0.25, 0.3) is 0 Å². The summed E-state index contributed by atoms with van der Waals surface area (Å²) in [5, 5.41) is 13.4. The van der Waals surface area contributed by atoms with Crippen molar-refractivity contribution in [3.8, 4) is 5.75 Å². The topological polar surface area (TPSA) is 97.8 Å². The lowest BCUT2D eigenvalue weighted by molar-refractivity contribution is 0.0526. The van der Waals surface area contributed by atoms with E-state index in [4.69, 9.17) is 9.47 Å². The van der Waals surface area contributed by atoms with Crippen molar-refractivity contribution in [2.24, 2.45) is 0 Å². The minimum Gasteiger partial charge on any atom is -0.508 e. The van der Waals surface area contributed by atoms with Gasteiger partial charge in [0, 0.05) is 23.3 Å². The van der Waals surface area contributed by atoms with Crippen LogP contribution in [0.25, 0.3) is 10.9 Å². The normalized spacial score (nSPS) is 10.1. The highest BCUT2D eigenvalue weighted by molar-refractivity contribution is 6.07. The Labute approximate surface area is 167 Å². The number of aromatic nitrogens is 1. The first-order chi connectivity index (χ1) is 13.0. The first-order valence-electron chi connectivity index (χ1n) is 8.27. The van der Waals surface area contributed by atoms with Crippen molar-refractivity contribution in [3.05, 3.63) is 59.8 Å². The van der Waals surface area contributed by atoms with E-state index < -0.39 is 11.9 Å². The minimum absolute atomic E-state index is 0. The van der Waals surface area contributed by atoms with E-state index in [1.54, 1.807) is 37.3 Å². The molecule has 0 atom stereocenters. The number of esters is 2. The lowest BCUT2D eigenvalue weighted by atomic mass is 10.1. The van der Waals surface area contributed by atoms with Crippen molar-refractivity contribution in [3.63, 3.8) is 0 Å². The second-order valence-corrected chi connectivity index (χ2v) is 5.67. The molecule has 2 N–H and O–H groups in total. The molecular formula is C20H19ClN2O5. The third-order valence-corrected chi connectivity index (χ3v) is 3.90. The Morgan fingerprint density at radius 2 is 1.93 bits per heavy atom. The van der Waals surface area contributed by atoms with Crippen LogP contribution in [0.3, 0.4) is 0 Å². The predicted molar refractivity (Wildman–Crippen MR) is 108 cm³/mol. The van der Waals surface area contributed by atoms with Crippen molar-refractivity contribution < 1.29 is 24.2 Å². The summed E-state index contributed by atoms with van der Waals surface area (Å²) in [5.74, 6) is -0.967. The number of nitrogens with zero attached hydrogens (tertiary/aromatic N) is 1. The Kier molecular flexibility index (Phi) is 6.79. The number of carbonyl (C=O) groups is 2. The van der Waals surface area contributed by atoms with Gasteiger partial charge >= 0.3 is 11.9 Å². The summed E-state index contributed by atoms with van der Waals surface area (Å²) in [7, 11) is 1.30. The van der Waals surface area contributed by atoms with Gasteiger partial charge in [-0.25, -0.2) is 9.59 Å². The molecule has 0 saturated carbocycles. The van der Waals surface area contributed by atoms with Crippen LogP contribution < -0.4 is 5.32 Å². The highest BCUT2D eigenvalue weighted by atomic mass is 35.5. The van der Waals surface area contributed by atoms with E-state index in [0.717, 1.165) is 0 Å². The standard InChI is InChI=1S/C20H18N2O5.ClH/c1-3-27-20(25)16-11-21-17-8-7-12(19(24)26-2)9-15(17)18(16)22-13-5-4-6-14(23)10-13;/h4-11,23H,3H2,1-2H3,(H,21,22);1H. The van der Waals surface area contributed by atoms with Crippen LogP contribution in [0.15, 0.2) is 48.7 Å². The van der Waals surface area contributed by atoms with Crippen LogP contribution in [0.1, 0.15) is 27.6 Å². The minimum atomic E-state index is -0.543. The number of phenols is 1. The van der Waals surface area contributed by atoms with E-state index in [-0.39, 0.29) is 30.3 Å². The fourth-order valence-electron chi connectivity index (χ4n) is 2.66. The molecule has 7 nitrogen and oxygen atoms in total. The molecule has 0 aliphatic carbocycles. The average molecular weight is 403 g/mol. The Hall–Kier alpha value is -3.32. The van der Waals surface area contributed by atoms with Crippen LogP contribution in [0.5, 0.6) is 5.75 Å². The van der Waals surface area contributed by atoms with E-state index >= 15 is 0 Å². The Morgan fingerprint density at radius 1 is 1.14 bits per heavy atom. The number of nitrogens with one attached hydrogen (secondary N) is 1. The molecule has 28 heavy (non-hydrogen) atoms. The van der Waals surface area contributed by atoms with Crippen molar-refractivity contribution >= 4 is 46.6 Å². The molecule has 3 rings (SSSR count). The molecule has 0 unspecified atom stereocenters. The maximum Gasteiger partial charge on any atom is 0.341 e. The molecule has 1 heterocycles. The molecule has 146 valence electrons. The number of benzene rings is 2. The molecule has 0 amide bonds. The molecule has 0 aliphatic heterocycles. The van der Waals surface area contributed by atoms with Gasteiger partial charge in [0.2, 0.25) is 0 Å². The quantitative estimate of drug-likeness (QED) is 0.621. The summed E-state index contributed by atoms with van der Waals surface area (Å²) < 4.78 is 9.89. The Bertz CT molecular complexity index is 1020. The summed E-state index contributed by atoms with van der Waals surface area (Å²) in [6.07, 6.45) is 1.42. The zero-order valence-corrected chi connectivity index (χ0v) is 16.1. The summed E-state index contributed by atoms with van der Waals surface area (Å²) in [6, 6.07) is 11.3. The number of fused-ring (bicyclic) bond motifs is 1. The van der Waals surface area contributed by atoms with Crippen molar-refractivity contribution in [2.45, 2.75) is 6.92 Å². The number of halogens is 1. The van der Waals surface area contributed by atoms with E-state index in [1.165, 1.54) is 25.4 Å². The number of aromatic hydroxyl groups is 1. The van der Waals surface area contributed by atoms with E-state index in [1.807, 2.05) is 0 Å². The van der Waals surface area contributed by atoms with Crippen LogP contribution in [-0.4, -0.2) is 35.7 Å². The summed E-state index contributed by atoms with van der Waals surface area (Å²) in [4.78, 5) is 28.6. The van der Waals surface area contributed by atoms with Crippen molar-refractivity contribution in [2.75, 3.05) is 19.0 Å². The zero-order valence-electron chi connectivity index (χ0n) is 15.3. The van der Waals surface area contributed by atoms with Gasteiger partial charge in [0.1, 0.15) is 11.3 Å². The molecule has 0 aliphatic rings. The maximum absolute atomic E-state index is 12.4. The first-order valence-corrected chi connectivity index (χ1v) is 8.27. The molecular weight excluding hydrogens is 384 g/mol. The van der Waals surface area contributed by atoms with E-state index in [9.17, 15) is 14.7 Å². The van der Waals surface area contributed by atoms with Crippen LogP contribution in [0, 0.1) is 0 Å². The Morgan fingerprint density at radius 3 is 2.61 bits per heavy atom. The van der Waals surface area contributed by atoms with Gasteiger partial charge in [-0.15, -0.1) is 12.4 Å². The van der Waals surface area contributed by atoms with Gasteiger partial charge in [-0.2, -0.15) is 0 Å². The van der Waals surface area contributed by atoms with E-state index in [0.29, 0.717) is 27.8 Å². The summed E-state index contributed by atoms with van der Waals surface area (Å²) in [5.41, 5.74) is 2.12. The highest BCUT2D eigenvalue weighted by Gasteiger charge is 2.18. The molecule has 0 spiro atoms. The van der Waals surface area contributed by atoms with Crippen LogP contribution in [-0.2, 0) is 9.47 Å². The molecule has 0 radical (unpaired) electrons. The number of carbonyl (C=O) groups excluding carboxylic acids is 2. The number of hydrogen-bond donors (Lipinski definition) is 2. The Balaban J connectivity index is 0.00000280. The van der Waals surface area contributed by atoms with Gasteiger partial charge in [-0.3, -0.25) is 4.98 Å². The van der Waals surface area contributed by atoms with Crippen LogP contribution in [0.4, 0.5) is 11.4 Å². The molecule has 8 heteroatoms. The summed E-state index contributed by atoms with van der Waals surface area (Å²) >= 11 is 0. The van der Waals surface area contributed by atoms with Crippen molar-refractivity contribution in [1.29, 1.82) is 0 Å². The smallest absolute Gasteiger partial charge is 0.341 e. The number of rotatable bonds is 5. The number of anilines is 2. The second-order valence-electron chi connectivity index (χ2n) is 5.67. The fourth-order valence-corrected chi connectivity index (χ4v) is 2.66. The lowest BCUT2D eigenvalue weighted by Gasteiger charge is -2.15. The van der Waals surface area contributed by atoms with Gasteiger partial charge < -0.3 is 19.9 Å². The molecule has 0 bridgehead atoms. The number of phenolic OH excluding ortho intramolecular Hbond substituents is 1. The van der Waals surface area contributed by atoms with Crippen molar-refractivity contribution in [1.82, 2.24) is 4.98 Å². The largest absolute Gasteiger partial charge is 0.508 e. The molecule has 3 aromatic rings. The number of hydrogen-bond acceptors (Lipinski definition) is 7. The molecule has 0 saturated heterocycles. The highest BCUT2D eigenvalue weighted by Crippen LogP contribution is 2.31. The van der Waals surface area contributed by atoms with E-state index in [2.05, 4.69) is 10.3 Å². The molecule has 1 aromatic heterocycles. The first kappa shape index (κ1) is 21.0. The molecule has 2 aromatic carbocycles. The second kappa shape index (κ2) is 9.05. The predicted octanol–water partition coefficient (Wildman–Crippen LogP) is 4.07.